The number of ether oxygens (including phenoxy) is 1. The molecule has 0 aliphatic carbocycles. The van der Waals surface area contributed by atoms with Crippen LogP contribution in [0.5, 0.6) is 0 Å². The maximum absolute atomic E-state index is 13.8. The number of halogens is 1. The third kappa shape index (κ3) is 3.56. The first-order valence-electron chi connectivity index (χ1n) is 6.48. The number of rotatable bonds is 2. The van der Waals surface area contributed by atoms with Gasteiger partial charge in [-0.15, -0.1) is 0 Å². The third-order valence-corrected chi connectivity index (χ3v) is 2.97. The summed E-state index contributed by atoms with van der Waals surface area (Å²) in [5, 5.41) is 8.62. The molecule has 1 N–H and O–H groups in total. The monoisotopic (exact) mass is 277 g/mol. The Morgan fingerprint density at radius 3 is 2.80 bits per heavy atom. The van der Waals surface area contributed by atoms with E-state index in [0.717, 1.165) is 0 Å². The van der Waals surface area contributed by atoms with Crippen LogP contribution >= 0.6 is 0 Å². The zero-order valence-corrected chi connectivity index (χ0v) is 11.1. The minimum absolute atomic E-state index is 0.0534. The van der Waals surface area contributed by atoms with Crippen molar-refractivity contribution in [1.29, 1.82) is 0 Å². The topological polar surface area (TPSA) is 49.8 Å². The molecule has 1 amide bonds. The summed E-state index contributed by atoms with van der Waals surface area (Å²) in [6, 6.07) is 4.28. The van der Waals surface area contributed by atoms with Gasteiger partial charge in [0.15, 0.2) is 0 Å². The van der Waals surface area contributed by atoms with Gasteiger partial charge in [-0.05, 0) is 18.2 Å². The molecule has 0 aromatic heterocycles. The quantitative estimate of drug-likeness (QED) is 0.822. The van der Waals surface area contributed by atoms with E-state index in [0.29, 0.717) is 38.3 Å². The van der Waals surface area contributed by atoms with Crippen LogP contribution in [0, 0.1) is 17.7 Å². The van der Waals surface area contributed by atoms with Crippen molar-refractivity contribution in [2.45, 2.75) is 6.42 Å². The summed E-state index contributed by atoms with van der Waals surface area (Å²) in [5.41, 5.74) is 0.550. The van der Waals surface area contributed by atoms with E-state index in [4.69, 9.17) is 9.84 Å². The standard InChI is InChI=1S/C15H16FNO3/c16-14-11-13(5-4-12(14)3-1-2-8-18)15(19)17-6-9-20-10-7-17/h4-5,11,18H,2,6-10H2. The first kappa shape index (κ1) is 14.5. The Hall–Kier alpha value is -1.90. The van der Waals surface area contributed by atoms with Crippen LogP contribution in [0.25, 0.3) is 0 Å². The van der Waals surface area contributed by atoms with Gasteiger partial charge in [0.1, 0.15) is 5.82 Å². The van der Waals surface area contributed by atoms with E-state index in [9.17, 15) is 9.18 Å². The summed E-state index contributed by atoms with van der Waals surface area (Å²) in [6.07, 6.45) is 0.300. The van der Waals surface area contributed by atoms with Crippen LogP contribution in [0.15, 0.2) is 18.2 Å². The SMILES string of the molecule is O=C(c1ccc(C#CCCO)c(F)c1)N1CCOCC1. The number of aliphatic hydroxyl groups is 1. The highest BCUT2D eigenvalue weighted by Gasteiger charge is 2.19. The zero-order chi connectivity index (χ0) is 14.4. The van der Waals surface area contributed by atoms with Crippen molar-refractivity contribution in [3.8, 4) is 11.8 Å². The number of benzene rings is 1. The van der Waals surface area contributed by atoms with Crippen LogP contribution < -0.4 is 0 Å². The number of amides is 1. The van der Waals surface area contributed by atoms with Gasteiger partial charge in [-0.3, -0.25) is 4.79 Å². The second-order valence-electron chi connectivity index (χ2n) is 4.37. The molecule has 4 nitrogen and oxygen atoms in total. The Morgan fingerprint density at radius 2 is 2.15 bits per heavy atom. The highest BCUT2D eigenvalue weighted by Crippen LogP contribution is 2.13. The fourth-order valence-corrected chi connectivity index (χ4v) is 1.91. The first-order valence-corrected chi connectivity index (χ1v) is 6.48. The second-order valence-corrected chi connectivity index (χ2v) is 4.37. The van der Waals surface area contributed by atoms with E-state index < -0.39 is 5.82 Å². The van der Waals surface area contributed by atoms with E-state index in [1.807, 2.05) is 0 Å². The molecule has 1 aliphatic heterocycles. The number of aliphatic hydroxyl groups excluding tert-OH is 1. The molecule has 1 aliphatic rings. The summed E-state index contributed by atoms with van der Waals surface area (Å²) in [5.74, 6) is 4.57. The molecular formula is C15H16FNO3. The van der Waals surface area contributed by atoms with Crippen LogP contribution in [-0.2, 0) is 4.74 Å². The Bertz CT molecular complexity index is 542. The fourth-order valence-electron chi connectivity index (χ4n) is 1.91. The number of nitrogens with zero attached hydrogens (tertiary/aromatic N) is 1. The number of carbonyl (C=O) groups excluding carboxylic acids is 1. The molecule has 1 saturated heterocycles. The summed E-state index contributed by atoms with van der Waals surface area (Å²) in [6.45, 7) is 2.02. The lowest BCUT2D eigenvalue weighted by atomic mass is 10.1. The Kier molecular flexibility index (Phi) is 5.10. The van der Waals surface area contributed by atoms with Gasteiger partial charge in [-0.1, -0.05) is 11.8 Å². The van der Waals surface area contributed by atoms with Crippen molar-refractivity contribution >= 4 is 5.91 Å². The lowest BCUT2D eigenvalue weighted by Gasteiger charge is -2.26. The van der Waals surface area contributed by atoms with Crippen molar-refractivity contribution in [2.24, 2.45) is 0 Å². The van der Waals surface area contributed by atoms with Gasteiger partial charge in [-0.2, -0.15) is 0 Å². The molecule has 0 atom stereocenters. The highest BCUT2D eigenvalue weighted by atomic mass is 19.1. The Labute approximate surface area is 117 Å². The molecule has 0 spiro atoms. The summed E-state index contributed by atoms with van der Waals surface area (Å²) in [4.78, 5) is 13.8. The normalized spacial score (nSPS) is 14.6. The van der Waals surface area contributed by atoms with Crippen molar-refractivity contribution in [2.75, 3.05) is 32.9 Å². The molecular weight excluding hydrogens is 261 g/mol. The molecule has 1 aromatic rings. The Morgan fingerprint density at radius 1 is 1.40 bits per heavy atom. The molecule has 2 rings (SSSR count). The summed E-state index contributed by atoms with van der Waals surface area (Å²) >= 11 is 0. The smallest absolute Gasteiger partial charge is 0.254 e. The lowest BCUT2D eigenvalue weighted by Crippen LogP contribution is -2.40. The van der Waals surface area contributed by atoms with E-state index in [2.05, 4.69) is 11.8 Å². The van der Waals surface area contributed by atoms with Crippen LogP contribution in [0.1, 0.15) is 22.3 Å². The number of carbonyl (C=O) groups is 1. The maximum Gasteiger partial charge on any atom is 0.254 e. The molecule has 1 aromatic carbocycles. The molecule has 0 bridgehead atoms. The molecule has 1 heterocycles. The highest BCUT2D eigenvalue weighted by molar-refractivity contribution is 5.94. The molecule has 0 saturated carbocycles. The van der Waals surface area contributed by atoms with Crippen molar-refractivity contribution in [3.05, 3.63) is 35.1 Å². The van der Waals surface area contributed by atoms with E-state index in [-0.39, 0.29) is 18.1 Å². The van der Waals surface area contributed by atoms with Crippen LogP contribution in [-0.4, -0.2) is 48.8 Å². The lowest BCUT2D eigenvalue weighted by molar-refractivity contribution is 0.0302. The van der Waals surface area contributed by atoms with Gasteiger partial charge < -0.3 is 14.7 Å². The summed E-state index contributed by atoms with van der Waals surface area (Å²) < 4.78 is 19.0. The molecule has 0 radical (unpaired) electrons. The number of morpholine rings is 1. The molecule has 5 heteroatoms. The van der Waals surface area contributed by atoms with Gasteiger partial charge in [-0.25, -0.2) is 4.39 Å². The van der Waals surface area contributed by atoms with Gasteiger partial charge >= 0.3 is 0 Å². The van der Waals surface area contributed by atoms with Gasteiger partial charge in [0.25, 0.3) is 5.91 Å². The average molecular weight is 277 g/mol. The molecule has 1 fully saturated rings. The van der Waals surface area contributed by atoms with E-state index >= 15 is 0 Å². The average Bonchev–Trinajstić information content (AvgIpc) is 2.49. The molecule has 106 valence electrons. The largest absolute Gasteiger partial charge is 0.395 e. The first-order chi connectivity index (χ1) is 9.72. The van der Waals surface area contributed by atoms with Gasteiger partial charge in [0, 0.05) is 25.1 Å². The maximum atomic E-state index is 13.8. The third-order valence-electron chi connectivity index (χ3n) is 2.97. The predicted molar refractivity (Wildman–Crippen MR) is 71.7 cm³/mol. The molecule has 0 unspecified atom stereocenters. The van der Waals surface area contributed by atoms with Gasteiger partial charge in [0.05, 0.1) is 25.4 Å². The van der Waals surface area contributed by atoms with E-state index in [1.54, 1.807) is 11.0 Å². The van der Waals surface area contributed by atoms with Crippen LogP contribution in [0.3, 0.4) is 0 Å². The number of hydrogen-bond donors (Lipinski definition) is 1. The van der Waals surface area contributed by atoms with E-state index in [1.165, 1.54) is 12.1 Å². The Balaban J connectivity index is 2.12. The second kappa shape index (κ2) is 7.04. The minimum atomic E-state index is -0.519. The zero-order valence-electron chi connectivity index (χ0n) is 11.1. The minimum Gasteiger partial charge on any atom is -0.395 e. The van der Waals surface area contributed by atoms with Gasteiger partial charge in [0.2, 0.25) is 0 Å². The van der Waals surface area contributed by atoms with Crippen LogP contribution in [0.2, 0.25) is 0 Å². The number of hydrogen-bond acceptors (Lipinski definition) is 3. The van der Waals surface area contributed by atoms with Crippen molar-refractivity contribution < 1.29 is 19.0 Å². The van der Waals surface area contributed by atoms with Crippen LogP contribution in [0.4, 0.5) is 4.39 Å². The molecule has 20 heavy (non-hydrogen) atoms. The van der Waals surface area contributed by atoms with Crippen molar-refractivity contribution in [3.63, 3.8) is 0 Å². The summed E-state index contributed by atoms with van der Waals surface area (Å²) in [7, 11) is 0. The van der Waals surface area contributed by atoms with Crippen molar-refractivity contribution in [1.82, 2.24) is 4.90 Å². The fraction of sp³-hybridized carbons (Fsp3) is 0.400. The predicted octanol–water partition coefficient (Wildman–Crippen LogP) is 1.03.